The summed E-state index contributed by atoms with van der Waals surface area (Å²) in [6.07, 6.45) is 10.6. The van der Waals surface area contributed by atoms with E-state index in [9.17, 15) is 9.59 Å². The van der Waals surface area contributed by atoms with Crippen LogP contribution in [0.1, 0.15) is 84.9 Å². The largest absolute Gasteiger partial charge is 0.497 e. The number of Topliss-reactive ketones (excluding diaryl/α,β-unsaturated/α-hetero) is 2. The molecular weight excluding hydrogens is 476 g/mol. The SMILES string of the molecule is COc1ccc(C(=O)[C@@H](CCCC[C@H](C(=O)c2ccc(OC)cc2)N2CCCCC2)N2CCCCC2)cc1. The second-order valence-corrected chi connectivity index (χ2v) is 10.7. The zero-order valence-corrected chi connectivity index (χ0v) is 23.2. The normalized spacial score (nSPS) is 18.5. The van der Waals surface area contributed by atoms with Gasteiger partial charge in [0.05, 0.1) is 26.3 Å². The fraction of sp³-hybridized carbons (Fsp3) is 0.562. The summed E-state index contributed by atoms with van der Waals surface area (Å²) in [6, 6.07) is 14.8. The number of piperidine rings is 2. The molecule has 0 aliphatic carbocycles. The third kappa shape index (κ3) is 7.45. The molecule has 0 N–H and O–H groups in total. The number of unbranched alkanes of at least 4 members (excludes halogenated alkanes) is 1. The van der Waals surface area contributed by atoms with Gasteiger partial charge in [0.1, 0.15) is 11.5 Å². The maximum Gasteiger partial charge on any atom is 0.179 e. The van der Waals surface area contributed by atoms with Crippen molar-refractivity contribution in [3.05, 3.63) is 59.7 Å². The topological polar surface area (TPSA) is 59.1 Å². The number of nitrogens with zero attached hydrogens (tertiary/aromatic N) is 2. The van der Waals surface area contributed by atoms with Gasteiger partial charge in [-0.25, -0.2) is 0 Å². The zero-order valence-electron chi connectivity index (χ0n) is 23.2. The molecule has 2 saturated heterocycles. The van der Waals surface area contributed by atoms with Crippen molar-refractivity contribution in [3.8, 4) is 11.5 Å². The van der Waals surface area contributed by atoms with Crippen molar-refractivity contribution in [3.63, 3.8) is 0 Å². The Morgan fingerprint density at radius 3 is 1.26 bits per heavy atom. The van der Waals surface area contributed by atoms with Gasteiger partial charge in [-0.3, -0.25) is 19.4 Å². The van der Waals surface area contributed by atoms with Crippen molar-refractivity contribution in [2.24, 2.45) is 0 Å². The fourth-order valence-corrected chi connectivity index (χ4v) is 5.99. The summed E-state index contributed by atoms with van der Waals surface area (Å²) < 4.78 is 10.6. The van der Waals surface area contributed by atoms with E-state index < -0.39 is 0 Å². The lowest BCUT2D eigenvalue weighted by Crippen LogP contribution is -2.45. The Kier molecular flexibility index (Phi) is 10.8. The molecule has 0 aromatic heterocycles. The highest BCUT2D eigenvalue weighted by Gasteiger charge is 2.30. The molecule has 0 radical (unpaired) electrons. The van der Waals surface area contributed by atoms with Crippen molar-refractivity contribution < 1.29 is 19.1 Å². The molecule has 2 heterocycles. The average Bonchev–Trinajstić information content (AvgIpc) is 2.99. The van der Waals surface area contributed by atoms with Gasteiger partial charge in [0.25, 0.3) is 0 Å². The molecule has 206 valence electrons. The molecule has 2 fully saturated rings. The van der Waals surface area contributed by atoms with E-state index in [2.05, 4.69) is 9.80 Å². The zero-order chi connectivity index (χ0) is 26.7. The summed E-state index contributed by atoms with van der Waals surface area (Å²) in [6.45, 7) is 3.94. The number of ketones is 2. The summed E-state index contributed by atoms with van der Waals surface area (Å²) in [5.74, 6) is 1.94. The molecule has 38 heavy (non-hydrogen) atoms. The highest BCUT2D eigenvalue weighted by atomic mass is 16.5. The van der Waals surface area contributed by atoms with Crippen LogP contribution in [0, 0.1) is 0 Å². The highest BCUT2D eigenvalue weighted by molar-refractivity contribution is 6.00. The van der Waals surface area contributed by atoms with Crippen molar-refractivity contribution in [2.45, 2.75) is 76.3 Å². The van der Waals surface area contributed by atoms with Gasteiger partial charge < -0.3 is 9.47 Å². The minimum absolute atomic E-state index is 0.102. The van der Waals surface area contributed by atoms with Crippen molar-refractivity contribution >= 4 is 11.6 Å². The van der Waals surface area contributed by atoms with Crippen LogP contribution in [0.25, 0.3) is 0 Å². The van der Waals surface area contributed by atoms with Crippen LogP contribution < -0.4 is 9.47 Å². The molecule has 2 aliphatic heterocycles. The molecule has 2 aromatic carbocycles. The van der Waals surface area contributed by atoms with Crippen LogP contribution in [0.3, 0.4) is 0 Å². The molecular formula is C32H44N2O4. The second-order valence-electron chi connectivity index (χ2n) is 10.7. The van der Waals surface area contributed by atoms with Crippen molar-refractivity contribution in [2.75, 3.05) is 40.4 Å². The van der Waals surface area contributed by atoms with Gasteiger partial charge in [0.2, 0.25) is 0 Å². The van der Waals surface area contributed by atoms with Crippen molar-refractivity contribution in [1.82, 2.24) is 9.80 Å². The monoisotopic (exact) mass is 520 g/mol. The minimum atomic E-state index is -0.102. The summed E-state index contributed by atoms with van der Waals surface area (Å²) in [7, 11) is 3.29. The summed E-state index contributed by atoms with van der Waals surface area (Å²) in [4.78, 5) is 32.0. The molecule has 2 atom stereocenters. The molecule has 0 saturated carbocycles. The number of hydrogen-bond donors (Lipinski definition) is 0. The van der Waals surface area contributed by atoms with Gasteiger partial charge in [-0.05, 0) is 113 Å². The Morgan fingerprint density at radius 1 is 0.605 bits per heavy atom. The number of carbonyl (C=O) groups excluding carboxylic acids is 2. The Morgan fingerprint density at radius 2 is 0.947 bits per heavy atom. The van der Waals surface area contributed by atoms with E-state index in [4.69, 9.17) is 9.47 Å². The maximum absolute atomic E-state index is 13.6. The Labute approximate surface area is 228 Å². The molecule has 6 heteroatoms. The lowest BCUT2D eigenvalue weighted by molar-refractivity contribution is 0.0733. The molecule has 6 nitrogen and oxygen atoms in total. The first-order valence-electron chi connectivity index (χ1n) is 14.5. The van der Waals surface area contributed by atoms with Gasteiger partial charge in [-0.1, -0.05) is 25.7 Å². The van der Waals surface area contributed by atoms with Crippen LogP contribution in [-0.4, -0.2) is 73.8 Å². The molecule has 0 spiro atoms. The van der Waals surface area contributed by atoms with E-state index in [1.807, 2.05) is 48.5 Å². The van der Waals surface area contributed by atoms with E-state index in [1.165, 1.54) is 12.8 Å². The number of carbonyl (C=O) groups is 2. The predicted octanol–water partition coefficient (Wildman–Crippen LogP) is 6.04. The highest BCUT2D eigenvalue weighted by Crippen LogP contribution is 2.25. The van der Waals surface area contributed by atoms with Crippen LogP contribution in [0.15, 0.2) is 48.5 Å². The van der Waals surface area contributed by atoms with E-state index in [1.54, 1.807) is 14.2 Å². The summed E-state index contributed by atoms with van der Waals surface area (Å²) >= 11 is 0. The molecule has 2 aliphatic rings. The minimum Gasteiger partial charge on any atom is -0.497 e. The third-order valence-electron chi connectivity index (χ3n) is 8.22. The Hall–Kier alpha value is -2.70. The number of rotatable bonds is 13. The van der Waals surface area contributed by atoms with Crippen molar-refractivity contribution in [1.29, 1.82) is 0 Å². The summed E-state index contributed by atoms with van der Waals surface area (Å²) in [5.41, 5.74) is 1.50. The van der Waals surface area contributed by atoms with E-state index in [0.29, 0.717) is 0 Å². The van der Waals surface area contributed by atoms with E-state index in [-0.39, 0.29) is 23.7 Å². The third-order valence-corrected chi connectivity index (χ3v) is 8.22. The quantitative estimate of drug-likeness (QED) is 0.237. The second kappa shape index (κ2) is 14.5. The van der Waals surface area contributed by atoms with Gasteiger partial charge in [-0.15, -0.1) is 0 Å². The molecule has 0 bridgehead atoms. The maximum atomic E-state index is 13.6. The van der Waals surface area contributed by atoms with Crippen LogP contribution in [0.2, 0.25) is 0 Å². The van der Waals surface area contributed by atoms with Gasteiger partial charge >= 0.3 is 0 Å². The lowest BCUT2D eigenvalue weighted by atomic mass is 9.92. The first kappa shape index (κ1) is 28.3. The number of benzene rings is 2. The number of methoxy groups -OCH3 is 2. The number of likely N-dealkylation sites (tertiary alicyclic amines) is 2. The van der Waals surface area contributed by atoms with Crippen LogP contribution in [0.5, 0.6) is 11.5 Å². The first-order chi connectivity index (χ1) is 18.6. The van der Waals surface area contributed by atoms with E-state index in [0.717, 1.165) is 100 Å². The fourth-order valence-electron chi connectivity index (χ4n) is 5.99. The van der Waals surface area contributed by atoms with E-state index >= 15 is 0 Å². The summed E-state index contributed by atoms with van der Waals surface area (Å²) in [5, 5.41) is 0. The number of hydrogen-bond acceptors (Lipinski definition) is 6. The van der Waals surface area contributed by atoms with Crippen LogP contribution >= 0.6 is 0 Å². The van der Waals surface area contributed by atoms with Crippen LogP contribution in [0.4, 0.5) is 0 Å². The van der Waals surface area contributed by atoms with Crippen LogP contribution in [-0.2, 0) is 0 Å². The Balaban J connectivity index is 1.41. The van der Waals surface area contributed by atoms with Gasteiger partial charge in [0, 0.05) is 11.1 Å². The average molecular weight is 521 g/mol. The van der Waals surface area contributed by atoms with Gasteiger partial charge in [-0.2, -0.15) is 0 Å². The lowest BCUT2D eigenvalue weighted by Gasteiger charge is -2.35. The van der Waals surface area contributed by atoms with Gasteiger partial charge in [0.15, 0.2) is 11.6 Å². The Bertz CT molecular complexity index is 925. The molecule has 0 amide bonds. The standard InChI is InChI=1S/C32H44N2O4/c1-37-27-17-13-25(14-18-27)31(35)29(33-21-7-3-8-22-33)11-5-6-12-30(34-23-9-4-10-24-34)32(36)26-15-19-28(38-2)20-16-26/h13-20,29-30H,3-12,21-24H2,1-2H3/t29-,30-/m1/s1. The molecule has 0 unspecified atom stereocenters. The molecule has 2 aromatic rings. The predicted molar refractivity (Wildman–Crippen MR) is 152 cm³/mol. The number of ether oxygens (including phenoxy) is 2. The smallest absolute Gasteiger partial charge is 0.179 e. The first-order valence-corrected chi connectivity index (χ1v) is 14.5. The molecule has 4 rings (SSSR count).